The van der Waals surface area contributed by atoms with Crippen LogP contribution in [0.4, 0.5) is 0 Å². The van der Waals surface area contributed by atoms with Crippen LogP contribution >= 0.6 is 11.3 Å². The van der Waals surface area contributed by atoms with Crippen molar-refractivity contribution in [2.45, 2.75) is 52.1 Å². The minimum absolute atomic E-state index is 0.476. The zero-order valence-corrected chi connectivity index (χ0v) is 10.6. The fourth-order valence-corrected chi connectivity index (χ4v) is 3.08. The van der Waals surface area contributed by atoms with E-state index in [4.69, 9.17) is 0 Å². The van der Waals surface area contributed by atoms with Crippen LogP contribution in [0.3, 0.4) is 0 Å². The van der Waals surface area contributed by atoms with Gasteiger partial charge >= 0.3 is 0 Å². The quantitative estimate of drug-likeness (QED) is 0.830. The van der Waals surface area contributed by atoms with Crippen LogP contribution in [0.2, 0.25) is 0 Å². The highest BCUT2D eigenvalue weighted by Crippen LogP contribution is 2.36. The Labute approximate surface area is 96.1 Å². The average Bonchev–Trinajstić information content (AvgIpc) is 2.76. The smallest absolute Gasteiger partial charge is 0.0798 e. The molecule has 1 saturated carbocycles. The van der Waals surface area contributed by atoms with Crippen molar-refractivity contribution in [3.05, 3.63) is 16.1 Å². The predicted molar refractivity (Wildman–Crippen MR) is 65.2 cm³/mol. The van der Waals surface area contributed by atoms with Gasteiger partial charge in [0, 0.05) is 17.0 Å². The Kier molecular flexibility index (Phi) is 3.42. The number of nitrogens with zero attached hydrogens (tertiary/aromatic N) is 1. The molecule has 3 heteroatoms. The number of aromatic nitrogens is 1. The maximum atomic E-state index is 4.30. The molecule has 1 N–H and O–H groups in total. The van der Waals surface area contributed by atoms with Crippen LogP contribution in [0.1, 0.15) is 49.7 Å². The number of rotatable bonds is 5. The van der Waals surface area contributed by atoms with E-state index in [1.807, 2.05) is 5.51 Å². The summed E-state index contributed by atoms with van der Waals surface area (Å²) in [6, 6.07) is 1.24. The van der Waals surface area contributed by atoms with Gasteiger partial charge in [-0.25, -0.2) is 4.98 Å². The molecule has 1 aliphatic carbocycles. The molecule has 0 aromatic carbocycles. The Morgan fingerprint density at radius 3 is 3.07 bits per heavy atom. The molecule has 1 heterocycles. The first kappa shape index (κ1) is 11.1. The summed E-state index contributed by atoms with van der Waals surface area (Å²) in [4.78, 5) is 5.70. The van der Waals surface area contributed by atoms with E-state index in [1.54, 1.807) is 11.3 Å². The van der Waals surface area contributed by atoms with Gasteiger partial charge in [0.25, 0.3) is 0 Å². The van der Waals surface area contributed by atoms with Crippen molar-refractivity contribution in [2.24, 2.45) is 5.92 Å². The van der Waals surface area contributed by atoms with Crippen molar-refractivity contribution in [2.75, 3.05) is 0 Å². The highest BCUT2D eigenvalue weighted by Gasteiger charge is 2.36. The number of nitrogens with one attached hydrogen (secondary N) is 1. The average molecular weight is 224 g/mol. The molecule has 0 radical (unpaired) electrons. The summed E-state index contributed by atoms with van der Waals surface area (Å²) in [5.41, 5.74) is 3.13. The van der Waals surface area contributed by atoms with Crippen LogP contribution < -0.4 is 5.32 Å². The minimum Gasteiger partial charge on any atom is -0.306 e. The molecule has 0 bridgehead atoms. The molecule has 2 rings (SSSR count). The van der Waals surface area contributed by atoms with Gasteiger partial charge < -0.3 is 5.32 Å². The molecular weight excluding hydrogens is 204 g/mol. The number of hydrogen-bond acceptors (Lipinski definition) is 3. The molecule has 2 nitrogen and oxygen atoms in total. The Morgan fingerprint density at radius 2 is 2.47 bits per heavy atom. The Morgan fingerprint density at radius 1 is 1.67 bits per heavy atom. The van der Waals surface area contributed by atoms with Gasteiger partial charge in [-0.15, -0.1) is 11.3 Å². The lowest BCUT2D eigenvalue weighted by molar-refractivity contribution is 0.533. The molecule has 3 unspecified atom stereocenters. The third kappa shape index (κ3) is 2.58. The molecule has 3 atom stereocenters. The molecule has 84 valence electrons. The molecule has 1 fully saturated rings. The summed E-state index contributed by atoms with van der Waals surface area (Å²) in [7, 11) is 0. The van der Waals surface area contributed by atoms with Gasteiger partial charge in [-0.3, -0.25) is 0 Å². The van der Waals surface area contributed by atoms with Crippen LogP contribution in [0, 0.1) is 12.8 Å². The summed E-state index contributed by atoms with van der Waals surface area (Å²) < 4.78 is 0. The Hall–Kier alpha value is -0.410. The van der Waals surface area contributed by atoms with Crippen molar-refractivity contribution < 1.29 is 0 Å². The van der Waals surface area contributed by atoms with Crippen LogP contribution in [0.5, 0.6) is 0 Å². The van der Waals surface area contributed by atoms with Gasteiger partial charge in [0.2, 0.25) is 0 Å². The van der Waals surface area contributed by atoms with E-state index >= 15 is 0 Å². The highest BCUT2D eigenvalue weighted by atomic mass is 32.1. The van der Waals surface area contributed by atoms with Gasteiger partial charge in [-0.05, 0) is 32.6 Å². The third-order valence-corrected chi connectivity index (χ3v) is 4.34. The Balaban J connectivity index is 1.84. The first-order valence-electron chi connectivity index (χ1n) is 5.88. The van der Waals surface area contributed by atoms with Gasteiger partial charge in [-0.2, -0.15) is 0 Å². The second kappa shape index (κ2) is 4.62. The van der Waals surface area contributed by atoms with E-state index in [0.29, 0.717) is 6.04 Å². The van der Waals surface area contributed by atoms with E-state index in [0.717, 1.165) is 12.0 Å². The Bertz CT molecular complexity index is 321. The van der Waals surface area contributed by atoms with Crippen molar-refractivity contribution in [1.29, 1.82) is 0 Å². The van der Waals surface area contributed by atoms with Gasteiger partial charge in [0.1, 0.15) is 0 Å². The van der Waals surface area contributed by atoms with E-state index < -0.39 is 0 Å². The van der Waals surface area contributed by atoms with Crippen molar-refractivity contribution in [3.8, 4) is 0 Å². The van der Waals surface area contributed by atoms with E-state index in [9.17, 15) is 0 Å². The van der Waals surface area contributed by atoms with Gasteiger partial charge in [-0.1, -0.05) is 13.3 Å². The largest absolute Gasteiger partial charge is 0.306 e. The van der Waals surface area contributed by atoms with Gasteiger partial charge in [0.05, 0.1) is 11.2 Å². The molecule has 1 aliphatic rings. The molecule has 0 aliphatic heterocycles. The predicted octanol–water partition coefficient (Wildman–Crippen LogP) is 3.29. The lowest BCUT2D eigenvalue weighted by Gasteiger charge is -2.12. The standard InChI is InChI=1S/C12H20N2S/c1-4-5-10-6-11(10)14-9(3)12-8(2)13-7-15-12/h7,9-11,14H,4-6H2,1-3H3. The topological polar surface area (TPSA) is 24.9 Å². The first-order valence-corrected chi connectivity index (χ1v) is 6.76. The second-order valence-electron chi connectivity index (χ2n) is 4.58. The SMILES string of the molecule is CCCC1CC1NC(C)c1scnc1C. The molecule has 1 aromatic rings. The fourth-order valence-electron chi connectivity index (χ4n) is 2.26. The van der Waals surface area contributed by atoms with Crippen LogP contribution in [-0.2, 0) is 0 Å². The summed E-state index contributed by atoms with van der Waals surface area (Å²) in [6.07, 6.45) is 4.07. The van der Waals surface area contributed by atoms with Gasteiger partial charge in [0.15, 0.2) is 0 Å². The summed E-state index contributed by atoms with van der Waals surface area (Å²) >= 11 is 1.77. The second-order valence-corrected chi connectivity index (χ2v) is 5.47. The lowest BCUT2D eigenvalue weighted by atomic mass is 10.2. The molecule has 1 aromatic heterocycles. The number of thiazole rings is 1. The first-order chi connectivity index (χ1) is 7.22. The van der Waals surface area contributed by atoms with E-state index in [-0.39, 0.29) is 0 Å². The van der Waals surface area contributed by atoms with Crippen LogP contribution in [0.25, 0.3) is 0 Å². The van der Waals surface area contributed by atoms with E-state index in [1.165, 1.54) is 29.8 Å². The summed E-state index contributed by atoms with van der Waals surface area (Å²) in [6.45, 7) is 6.62. The normalized spacial score (nSPS) is 26.6. The number of hydrogen-bond donors (Lipinski definition) is 1. The zero-order valence-electron chi connectivity index (χ0n) is 9.79. The molecule has 0 saturated heterocycles. The maximum Gasteiger partial charge on any atom is 0.0798 e. The zero-order chi connectivity index (χ0) is 10.8. The molecule has 0 amide bonds. The van der Waals surface area contributed by atoms with E-state index in [2.05, 4.69) is 31.1 Å². The molecule has 15 heavy (non-hydrogen) atoms. The van der Waals surface area contributed by atoms with Crippen molar-refractivity contribution in [3.63, 3.8) is 0 Å². The summed E-state index contributed by atoms with van der Waals surface area (Å²) in [5, 5.41) is 3.70. The minimum atomic E-state index is 0.476. The van der Waals surface area contributed by atoms with Crippen LogP contribution in [0.15, 0.2) is 5.51 Å². The third-order valence-electron chi connectivity index (χ3n) is 3.22. The molecular formula is C12H20N2S. The highest BCUT2D eigenvalue weighted by molar-refractivity contribution is 7.09. The number of aryl methyl sites for hydroxylation is 1. The summed E-state index contributed by atoms with van der Waals surface area (Å²) in [5.74, 6) is 0.936. The van der Waals surface area contributed by atoms with Crippen molar-refractivity contribution >= 4 is 11.3 Å². The maximum absolute atomic E-state index is 4.30. The fraction of sp³-hybridized carbons (Fsp3) is 0.750. The lowest BCUT2D eigenvalue weighted by Crippen LogP contribution is -2.22. The van der Waals surface area contributed by atoms with Crippen molar-refractivity contribution in [1.82, 2.24) is 10.3 Å². The monoisotopic (exact) mass is 224 g/mol. The van der Waals surface area contributed by atoms with Crippen LogP contribution in [-0.4, -0.2) is 11.0 Å². The molecule has 0 spiro atoms.